The number of carbonyl (C=O) groups excluding carboxylic acids is 1. The molecule has 25 heavy (non-hydrogen) atoms. The summed E-state index contributed by atoms with van der Waals surface area (Å²) < 4.78 is 12.8. The Balaban J connectivity index is 1.50. The molecule has 0 unspecified atom stereocenters. The van der Waals surface area contributed by atoms with Crippen LogP contribution in [0.15, 0.2) is 36.4 Å². The van der Waals surface area contributed by atoms with Crippen LogP contribution in [0.4, 0.5) is 0 Å². The number of methoxy groups -OCH3 is 1. The van der Waals surface area contributed by atoms with Crippen molar-refractivity contribution in [3.8, 4) is 5.75 Å². The zero-order chi connectivity index (χ0) is 17.8. The molecule has 0 aliphatic heterocycles. The third-order valence-electron chi connectivity index (χ3n) is 4.63. The summed E-state index contributed by atoms with van der Waals surface area (Å²) in [5, 5.41) is 0. The van der Waals surface area contributed by atoms with E-state index < -0.39 is 0 Å². The Hall–Kier alpha value is -2.49. The van der Waals surface area contributed by atoms with Gasteiger partial charge in [0.1, 0.15) is 5.75 Å². The van der Waals surface area contributed by atoms with Gasteiger partial charge in [-0.3, -0.25) is 0 Å². The van der Waals surface area contributed by atoms with Gasteiger partial charge in [-0.1, -0.05) is 12.1 Å². The smallest absolute Gasteiger partial charge is 0.330 e. The lowest BCUT2D eigenvalue weighted by atomic mass is 10.1. The highest BCUT2D eigenvalue weighted by molar-refractivity contribution is 5.87. The molecule has 4 nitrogen and oxygen atoms in total. The molecular weight excluding hydrogens is 314 g/mol. The molecule has 1 aliphatic rings. The summed E-state index contributed by atoms with van der Waals surface area (Å²) in [6.45, 7) is 4.60. The molecule has 0 saturated heterocycles. The van der Waals surface area contributed by atoms with Crippen LogP contribution in [0.1, 0.15) is 41.4 Å². The molecule has 3 rings (SSSR count). The number of esters is 1. The lowest BCUT2D eigenvalue weighted by molar-refractivity contribution is -0.137. The molecule has 1 heterocycles. The van der Waals surface area contributed by atoms with Gasteiger partial charge in [0.05, 0.1) is 13.7 Å². The van der Waals surface area contributed by atoms with E-state index in [1.54, 1.807) is 7.11 Å². The van der Waals surface area contributed by atoms with Crippen LogP contribution in [-0.4, -0.2) is 24.3 Å². The highest BCUT2D eigenvalue weighted by Crippen LogP contribution is 2.38. The normalized spacial score (nSPS) is 14.0. The summed E-state index contributed by atoms with van der Waals surface area (Å²) in [7, 11) is 1.64. The summed E-state index contributed by atoms with van der Waals surface area (Å²) in [5.74, 6) is 0.525. The maximum absolute atomic E-state index is 11.9. The van der Waals surface area contributed by atoms with Gasteiger partial charge in [0.25, 0.3) is 0 Å². The van der Waals surface area contributed by atoms with Gasteiger partial charge in [0.15, 0.2) is 0 Å². The Bertz CT molecular complexity index is 767. The molecule has 0 N–H and O–H groups in total. The number of ether oxygens (including phenoxy) is 2. The summed E-state index contributed by atoms with van der Waals surface area (Å²) in [5.41, 5.74) is 4.69. The van der Waals surface area contributed by atoms with E-state index in [0.717, 1.165) is 16.9 Å². The first-order valence-electron chi connectivity index (χ1n) is 8.74. The molecule has 1 aromatic carbocycles. The minimum Gasteiger partial charge on any atom is -0.497 e. The molecule has 0 bridgehead atoms. The van der Waals surface area contributed by atoms with Crippen molar-refractivity contribution in [3.05, 3.63) is 58.9 Å². The van der Waals surface area contributed by atoms with Crippen molar-refractivity contribution in [3.63, 3.8) is 0 Å². The highest BCUT2D eigenvalue weighted by atomic mass is 16.5. The fraction of sp³-hybridized carbons (Fsp3) is 0.381. The Kier molecular flexibility index (Phi) is 5.27. The average molecular weight is 339 g/mol. The first-order valence-corrected chi connectivity index (χ1v) is 8.74. The minimum absolute atomic E-state index is 0.301. The van der Waals surface area contributed by atoms with E-state index in [4.69, 9.17) is 9.47 Å². The topological polar surface area (TPSA) is 40.5 Å². The molecule has 4 heteroatoms. The van der Waals surface area contributed by atoms with Crippen LogP contribution in [0, 0.1) is 13.8 Å². The average Bonchev–Trinajstić information content (AvgIpc) is 3.39. The molecule has 1 saturated carbocycles. The van der Waals surface area contributed by atoms with E-state index >= 15 is 0 Å². The third kappa shape index (κ3) is 4.32. The number of carbonyl (C=O) groups is 1. The van der Waals surface area contributed by atoms with E-state index in [-0.39, 0.29) is 5.97 Å². The number of hydrogen-bond donors (Lipinski definition) is 0. The van der Waals surface area contributed by atoms with Gasteiger partial charge in [-0.05, 0) is 62.1 Å². The molecular formula is C21H25NO3. The fourth-order valence-corrected chi connectivity index (χ4v) is 3.13. The van der Waals surface area contributed by atoms with E-state index in [9.17, 15) is 4.79 Å². The van der Waals surface area contributed by atoms with Crippen molar-refractivity contribution >= 4 is 12.0 Å². The van der Waals surface area contributed by atoms with Crippen molar-refractivity contribution in [2.45, 2.75) is 39.2 Å². The van der Waals surface area contributed by atoms with Crippen LogP contribution in [0.5, 0.6) is 5.75 Å². The predicted molar refractivity (Wildman–Crippen MR) is 98.9 cm³/mol. The first kappa shape index (κ1) is 17.3. The van der Waals surface area contributed by atoms with Crippen LogP contribution >= 0.6 is 0 Å². The number of nitrogens with zero attached hydrogens (tertiary/aromatic N) is 1. The number of benzene rings is 1. The second kappa shape index (κ2) is 7.60. The second-order valence-electron chi connectivity index (χ2n) is 6.53. The maximum Gasteiger partial charge on any atom is 0.330 e. The highest BCUT2D eigenvalue weighted by Gasteiger charge is 2.26. The Morgan fingerprint density at radius 2 is 1.96 bits per heavy atom. The Morgan fingerprint density at radius 1 is 1.24 bits per heavy atom. The summed E-state index contributed by atoms with van der Waals surface area (Å²) in [4.78, 5) is 11.9. The third-order valence-corrected chi connectivity index (χ3v) is 4.63. The number of hydrogen-bond acceptors (Lipinski definition) is 3. The molecule has 0 spiro atoms. The molecule has 1 fully saturated rings. The Labute approximate surface area is 149 Å². The monoisotopic (exact) mass is 339 g/mol. The molecule has 132 valence electrons. The summed E-state index contributed by atoms with van der Waals surface area (Å²) in [6, 6.07) is 10.6. The predicted octanol–water partition coefficient (Wildman–Crippen LogP) is 4.25. The number of rotatable bonds is 7. The number of aromatic nitrogens is 1. The van der Waals surface area contributed by atoms with Gasteiger partial charge in [-0.2, -0.15) is 0 Å². The van der Waals surface area contributed by atoms with Gasteiger partial charge in [0.2, 0.25) is 0 Å². The van der Waals surface area contributed by atoms with Gasteiger partial charge < -0.3 is 14.0 Å². The van der Waals surface area contributed by atoms with Gasteiger partial charge >= 0.3 is 5.97 Å². The van der Waals surface area contributed by atoms with Crippen LogP contribution in [0.3, 0.4) is 0 Å². The second-order valence-corrected chi connectivity index (χ2v) is 6.53. The van der Waals surface area contributed by atoms with Crippen LogP contribution in [0.25, 0.3) is 6.08 Å². The Morgan fingerprint density at radius 3 is 2.60 bits per heavy atom. The first-order chi connectivity index (χ1) is 12.1. The van der Waals surface area contributed by atoms with E-state index in [2.05, 4.69) is 24.5 Å². The molecule has 0 radical (unpaired) electrons. The lowest BCUT2D eigenvalue weighted by Gasteiger charge is -2.06. The lowest BCUT2D eigenvalue weighted by Crippen LogP contribution is -2.04. The molecule has 2 aromatic rings. The van der Waals surface area contributed by atoms with Crippen molar-refractivity contribution in [1.29, 1.82) is 0 Å². The van der Waals surface area contributed by atoms with Crippen molar-refractivity contribution in [2.75, 3.05) is 13.7 Å². The van der Waals surface area contributed by atoms with Crippen molar-refractivity contribution in [1.82, 2.24) is 4.57 Å². The molecule has 1 aliphatic carbocycles. The quantitative estimate of drug-likeness (QED) is 0.559. The van der Waals surface area contributed by atoms with E-state index in [1.165, 1.54) is 30.3 Å². The molecule has 0 atom stereocenters. The van der Waals surface area contributed by atoms with Crippen LogP contribution in [-0.2, 0) is 16.0 Å². The summed E-state index contributed by atoms with van der Waals surface area (Å²) in [6.07, 6.45) is 6.59. The van der Waals surface area contributed by atoms with Gasteiger partial charge in [-0.25, -0.2) is 4.79 Å². The molecule has 0 amide bonds. The maximum atomic E-state index is 11.9. The minimum atomic E-state index is -0.301. The van der Waals surface area contributed by atoms with Crippen LogP contribution in [0.2, 0.25) is 0 Å². The fourth-order valence-electron chi connectivity index (χ4n) is 3.13. The van der Waals surface area contributed by atoms with E-state index in [1.807, 2.05) is 30.3 Å². The zero-order valence-electron chi connectivity index (χ0n) is 15.1. The van der Waals surface area contributed by atoms with Gasteiger partial charge in [-0.15, -0.1) is 0 Å². The summed E-state index contributed by atoms with van der Waals surface area (Å²) >= 11 is 0. The standard InChI is InChI=1S/C21H25NO3/c1-15-14-18(16(2)22(15)19-7-8-19)6-11-21(23)25-13-12-17-4-9-20(24-3)10-5-17/h4-6,9-11,14,19H,7-8,12-13H2,1-3H3/b11-6+. The van der Waals surface area contributed by atoms with Crippen molar-refractivity contribution in [2.24, 2.45) is 0 Å². The molecule has 1 aromatic heterocycles. The van der Waals surface area contributed by atoms with Crippen molar-refractivity contribution < 1.29 is 14.3 Å². The largest absolute Gasteiger partial charge is 0.497 e. The SMILES string of the molecule is COc1ccc(CCOC(=O)/C=C/c2cc(C)n(C3CC3)c2C)cc1. The van der Waals surface area contributed by atoms with Crippen LogP contribution < -0.4 is 4.74 Å². The van der Waals surface area contributed by atoms with Gasteiger partial charge in [0, 0.05) is 29.9 Å². The number of aryl methyl sites for hydroxylation is 1. The zero-order valence-corrected chi connectivity index (χ0v) is 15.1. The van der Waals surface area contributed by atoms with E-state index in [0.29, 0.717) is 19.1 Å².